The van der Waals surface area contributed by atoms with Gasteiger partial charge in [-0.2, -0.15) is 5.01 Å². The summed E-state index contributed by atoms with van der Waals surface area (Å²) >= 11 is 9.04. The number of hydrogen-bond donors (Lipinski definition) is 1. The van der Waals surface area contributed by atoms with Crippen LogP contribution in [-0.2, 0) is 9.59 Å². The topological polar surface area (TPSA) is 40.6 Å². The molecule has 2 rings (SSSR count). The number of carbonyl (C=O) groups excluding carboxylic acids is 2. The molecule has 0 saturated carbocycles. The number of amides is 2. The Labute approximate surface area is 117 Å². The number of rotatable bonds is 4. The van der Waals surface area contributed by atoms with Crippen LogP contribution in [0.25, 0.3) is 0 Å². The van der Waals surface area contributed by atoms with Crippen LogP contribution in [0.15, 0.2) is 24.4 Å². The van der Waals surface area contributed by atoms with Gasteiger partial charge in [0.05, 0.1) is 6.04 Å². The van der Waals surface area contributed by atoms with Gasteiger partial charge in [-0.3, -0.25) is 14.6 Å². The van der Waals surface area contributed by atoms with Crippen molar-refractivity contribution in [2.24, 2.45) is 0 Å². The Morgan fingerprint density at radius 2 is 2.00 bits per heavy atom. The average Bonchev–Trinajstić information content (AvgIpc) is 2.67. The van der Waals surface area contributed by atoms with Gasteiger partial charge in [-0.25, -0.2) is 0 Å². The molecule has 0 spiro atoms. The zero-order valence-corrected chi connectivity index (χ0v) is 11.5. The number of hydrazine groups is 1. The Bertz CT molecular complexity index is 429. The van der Waals surface area contributed by atoms with Gasteiger partial charge in [0.15, 0.2) is 0 Å². The van der Waals surface area contributed by atoms with Crippen LogP contribution in [0.1, 0.15) is 25.7 Å². The number of allylic oxidation sites excluding steroid dienone is 2. The maximum absolute atomic E-state index is 11.7. The van der Waals surface area contributed by atoms with Gasteiger partial charge in [0, 0.05) is 23.2 Å². The smallest absolute Gasteiger partial charge is 0.248 e. The summed E-state index contributed by atoms with van der Waals surface area (Å²) in [6.45, 7) is 0. The summed E-state index contributed by atoms with van der Waals surface area (Å²) in [5, 5.41) is 2.94. The molecule has 0 bridgehead atoms. The van der Waals surface area contributed by atoms with Crippen molar-refractivity contribution >= 4 is 40.9 Å². The van der Waals surface area contributed by atoms with Gasteiger partial charge in [-0.15, -0.1) is 12.6 Å². The zero-order chi connectivity index (χ0) is 13.1. The van der Waals surface area contributed by atoms with Crippen molar-refractivity contribution < 1.29 is 9.59 Å². The third-order valence-corrected chi connectivity index (χ3v) is 3.36. The molecule has 2 aliphatic rings. The Kier molecular flexibility index (Phi) is 4.19. The summed E-state index contributed by atoms with van der Waals surface area (Å²) in [5.74, 6) is -0.281. The van der Waals surface area contributed by atoms with Gasteiger partial charge in [-0.1, -0.05) is 24.4 Å². The minimum Gasteiger partial charge on any atom is -0.276 e. The number of carbonyl (C=O) groups is 2. The van der Waals surface area contributed by atoms with Gasteiger partial charge in [0.25, 0.3) is 0 Å². The van der Waals surface area contributed by atoms with Gasteiger partial charge >= 0.3 is 0 Å². The second kappa shape index (κ2) is 5.67. The first-order chi connectivity index (χ1) is 8.59. The van der Waals surface area contributed by atoms with Crippen molar-refractivity contribution in [1.29, 1.82) is 0 Å². The molecular weight excluding hydrogens is 268 g/mol. The van der Waals surface area contributed by atoms with Crippen molar-refractivity contribution in [3.05, 3.63) is 24.4 Å². The molecule has 0 aromatic rings. The molecule has 1 unspecified atom stereocenters. The van der Waals surface area contributed by atoms with E-state index >= 15 is 0 Å². The van der Waals surface area contributed by atoms with Crippen molar-refractivity contribution in [2.75, 3.05) is 0 Å². The fourth-order valence-electron chi connectivity index (χ4n) is 2.07. The molecule has 0 aromatic carbocycles. The molecule has 4 nitrogen and oxygen atoms in total. The molecule has 0 aliphatic carbocycles. The summed E-state index contributed by atoms with van der Waals surface area (Å²) in [6, 6.07) is -0.0221. The predicted octanol–water partition coefficient (Wildman–Crippen LogP) is 1.84. The fourth-order valence-corrected chi connectivity index (χ4v) is 2.31. The van der Waals surface area contributed by atoms with E-state index in [9.17, 15) is 9.59 Å². The molecule has 6 heteroatoms. The van der Waals surface area contributed by atoms with Crippen LogP contribution in [0, 0.1) is 0 Å². The molecule has 18 heavy (non-hydrogen) atoms. The lowest BCUT2D eigenvalue weighted by atomic mass is 10.1. The number of imide groups is 1. The zero-order valence-electron chi connectivity index (χ0n) is 9.78. The SMILES string of the molecule is O=C1CCC(=O)N1N1C=CC=CC1CCC(=S)S. The molecule has 0 N–H and O–H groups in total. The molecule has 1 atom stereocenters. The van der Waals surface area contributed by atoms with Crippen molar-refractivity contribution in [3.63, 3.8) is 0 Å². The highest BCUT2D eigenvalue weighted by molar-refractivity contribution is 8.11. The van der Waals surface area contributed by atoms with E-state index in [0.29, 0.717) is 23.5 Å². The third kappa shape index (κ3) is 2.81. The average molecular weight is 282 g/mol. The number of hydrogen-bond acceptors (Lipinski definition) is 4. The first-order valence-electron chi connectivity index (χ1n) is 5.80. The molecule has 2 amide bonds. The molecule has 0 aromatic heterocycles. The molecule has 1 saturated heterocycles. The fraction of sp³-hybridized carbons (Fsp3) is 0.417. The van der Waals surface area contributed by atoms with Crippen molar-refractivity contribution in [3.8, 4) is 0 Å². The van der Waals surface area contributed by atoms with E-state index in [0.717, 1.165) is 6.42 Å². The predicted molar refractivity (Wildman–Crippen MR) is 75.8 cm³/mol. The van der Waals surface area contributed by atoms with Gasteiger partial charge in [0.2, 0.25) is 11.8 Å². The standard InChI is InChI=1S/C12H14N2O2S2/c15-10-5-6-11(16)14(10)13-8-2-1-3-9(13)4-7-12(17)18/h1-3,8-9H,4-7H2,(H,17,18). The monoisotopic (exact) mass is 282 g/mol. The Morgan fingerprint density at radius 3 is 2.61 bits per heavy atom. The first kappa shape index (κ1) is 13.3. The van der Waals surface area contributed by atoms with E-state index in [1.807, 2.05) is 18.2 Å². The lowest BCUT2D eigenvalue weighted by molar-refractivity contribution is -0.155. The number of nitrogens with zero attached hydrogens (tertiary/aromatic N) is 2. The first-order valence-corrected chi connectivity index (χ1v) is 6.66. The molecule has 1 fully saturated rings. The lowest BCUT2D eigenvalue weighted by Gasteiger charge is -2.35. The normalized spacial score (nSPS) is 23.1. The maximum Gasteiger partial charge on any atom is 0.248 e. The largest absolute Gasteiger partial charge is 0.276 e. The van der Waals surface area contributed by atoms with Crippen LogP contribution in [0.5, 0.6) is 0 Å². The van der Waals surface area contributed by atoms with E-state index in [1.165, 1.54) is 5.01 Å². The van der Waals surface area contributed by atoms with E-state index < -0.39 is 0 Å². The van der Waals surface area contributed by atoms with E-state index in [4.69, 9.17) is 12.2 Å². The minimum absolute atomic E-state index is 0.0221. The highest BCUT2D eigenvalue weighted by atomic mass is 32.1. The summed E-state index contributed by atoms with van der Waals surface area (Å²) in [6.07, 6.45) is 9.45. The molecule has 0 radical (unpaired) electrons. The van der Waals surface area contributed by atoms with Gasteiger partial charge in [-0.05, 0) is 18.9 Å². The van der Waals surface area contributed by atoms with E-state index in [1.54, 1.807) is 11.2 Å². The quantitative estimate of drug-likeness (QED) is 0.485. The summed E-state index contributed by atoms with van der Waals surface area (Å²) < 4.78 is 0.636. The molecular formula is C12H14N2O2S2. The lowest BCUT2D eigenvalue weighted by Crippen LogP contribution is -2.48. The summed E-state index contributed by atoms with van der Waals surface area (Å²) in [7, 11) is 0. The maximum atomic E-state index is 11.7. The van der Waals surface area contributed by atoms with Crippen LogP contribution in [-0.4, -0.2) is 32.1 Å². The van der Waals surface area contributed by atoms with Crippen LogP contribution in [0.4, 0.5) is 0 Å². The van der Waals surface area contributed by atoms with Crippen molar-refractivity contribution in [2.45, 2.75) is 31.7 Å². The molecule has 2 aliphatic heterocycles. The van der Waals surface area contributed by atoms with Crippen LogP contribution < -0.4 is 0 Å². The van der Waals surface area contributed by atoms with Gasteiger partial charge in [0.1, 0.15) is 0 Å². The highest BCUT2D eigenvalue weighted by Gasteiger charge is 2.35. The second-order valence-electron chi connectivity index (χ2n) is 4.21. The number of thiol groups is 1. The van der Waals surface area contributed by atoms with Crippen LogP contribution in [0.3, 0.4) is 0 Å². The third-order valence-electron chi connectivity index (χ3n) is 2.93. The van der Waals surface area contributed by atoms with Crippen LogP contribution in [0.2, 0.25) is 0 Å². The minimum atomic E-state index is -0.140. The van der Waals surface area contributed by atoms with Gasteiger partial charge < -0.3 is 0 Å². The Morgan fingerprint density at radius 1 is 1.33 bits per heavy atom. The van der Waals surface area contributed by atoms with E-state index in [-0.39, 0.29) is 17.9 Å². The van der Waals surface area contributed by atoms with E-state index in [2.05, 4.69) is 12.6 Å². The van der Waals surface area contributed by atoms with Crippen molar-refractivity contribution in [1.82, 2.24) is 10.0 Å². The van der Waals surface area contributed by atoms with Crippen LogP contribution >= 0.6 is 24.8 Å². The summed E-state index contributed by atoms with van der Waals surface area (Å²) in [5.41, 5.74) is 0. The highest BCUT2D eigenvalue weighted by Crippen LogP contribution is 2.23. The summed E-state index contributed by atoms with van der Waals surface area (Å²) in [4.78, 5) is 23.5. The second-order valence-corrected chi connectivity index (χ2v) is 5.54. The molecule has 96 valence electrons. The molecule has 2 heterocycles. The number of thiocarbonyl (C=S) groups is 1. The Hall–Kier alpha value is -1.14. The Balaban J connectivity index is 2.11.